The Hall–Kier alpha value is -1.29. The van der Waals surface area contributed by atoms with Gasteiger partial charge >= 0.3 is 0 Å². The summed E-state index contributed by atoms with van der Waals surface area (Å²) < 4.78 is 10.5. The molecule has 1 aromatic rings. The Kier molecular flexibility index (Phi) is 3.99. The van der Waals surface area contributed by atoms with Crippen LogP contribution in [-0.2, 0) is 16.1 Å². The zero-order valence-electron chi connectivity index (χ0n) is 9.28. The zero-order valence-corrected chi connectivity index (χ0v) is 9.28. The van der Waals surface area contributed by atoms with Crippen molar-refractivity contribution in [3.8, 4) is 0 Å². The summed E-state index contributed by atoms with van der Waals surface area (Å²) in [7, 11) is 0. The van der Waals surface area contributed by atoms with Crippen LogP contribution in [-0.4, -0.2) is 19.1 Å². The minimum Gasteiger partial charge on any atom is -0.467 e. The van der Waals surface area contributed by atoms with Gasteiger partial charge < -0.3 is 14.5 Å². The van der Waals surface area contributed by atoms with E-state index in [-0.39, 0.29) is 5.91 Å². The summed E-state index contributed by atoms with van der Waals surface area (Å²) in [6.07, 6.45) is 4.32. The van der Waals surface area contributed by atoms with Crippen LogP contribution in [0.4, 0.5) is 0 Å². The molecule has 1 unspecified atom stereocenters. The molecule has 1 aliphatic rings. The van der Waals surface area contributed by atoms with Gasteiger partial charge in [-0.3, -0.25) is 4.79 Å². The van der Waals surface area contributed by atoms with Crippen LogP contribution in [0.25, 0.3) is 0 Å². The number of hydrogen-bond donors (Lipinski definition) is 1. The average molecular weight is 223 g/mol. The van der Waals surface area contributed by atoms with Crippen molar-refractivity contribution in [2.45, 2.75) is 25.8 Å². The Morgan fingerprint density at radius 2 is 2.50 bits per heavy atom. The Bertz CT molecular complexity index is 315. The van der Waals surface area contributed by atoms with Gasteiger partial charge in [-0.2, -0.15) is 0 Å². The second kappa shape index (κ2) is 5.70. The highest BCUT2D eigenvalue weighted by Crippen LogP contribution is 2.16. The van der Waals surface area contributed by atoms with Gasteiger partial charge in [0.25, 0.3) is 0 Å². The molecule has 0 spiro atoms. The largest absolute Gasteiger partial charge is 0.467 e. The van der Waals surface area contributed by atoms with E-state index in [4.69, 9.17) is 9.15 Å². The van der Waals surface area contributed by atoms with Crippen molar-refractivity contribution in [1.29, 1.82) is 0 Å². The molecule has 1 saturated heterocycles. The third-order valence-corrected chi connectivity index (χ3v) is 2.77. The lowest BCUT2D eigenvalue weighted by atomic mass is 9.98. The van der Waals surface area contributed by atoms with Crippen LogP contribution in [0.5, 0.6) is 0 Å². The van der Waals surface area contributed by atoms with Gasteiger partial charge in [0, 0.05) is 19.6 Å². The van der Waals surface area contributed by atoms with Crippen LogP contribution in [0.15, 0.2) is 22.8 Å². The molecule has 0 aromatic carbocycles. The maximum Gasteiger partial charge on any atom is 0.220 e. The standard InChI is InChI=1S/C12H17NO3/c14-12(7-10-3-1-5-15-9-10)13-8-11-4-2-6-16-11/h2,4,6,10H,1,3,5,7-9H2,(H,13,14). The van der Waals surface area contributed by atoms with Gasteiger partial charge in [0.1, 0.15) is 5.76 Å². The molecule has 1 amide bonds. The van der Waals surface area contributed by atoms with Gasteiger partial charge in [-0.1, -0.05) is 0 Å². The predicted molar refractivity (Wildman–Crippen MR) is 58.7 cm³/mol. The molecule has 1 aliphatic heterocycles. The number of hydrogen-bond acceptors (Lipinski definition) is 3. The number of furan rings is 1. The Morgan fingerprint density at radius 1 is 1.56 bits per heavy atom. The molecule has 88 valence electrons. The third kappa shape index (κ3) is 3.38. The number of nitrogens with one attached hydrogen (secondary N) is 1. The zero-order chi connectivity index (χ0) is 11.2. The van der Waals surface area contributed by atoms with Crippen molar-refractivity contribution in [3.63, 3.8) is 0 Å². The summed E-state index contributed by atoms with van der Waals surface area (Å²) >= 11 is 0. The van der Waals surface area contributed by atoms with Crippen molar-refractivity contribution < 1.29 is 13.9 Å². The molecule has 0 radical (unpaired) electrons. The van der Waals surface area contributed by atoms with Gasteiger partial charge in [0.15, 0.2) is 0 Å². The molecule has 16 heavy (non-hydrogen) atoms. The molecule has 0 bridgehead atoms. The van der Waals surface area contributed by atoms with Crippen molar-refractivity contribution >= 4 is 5.91 Å². The van der Waals surface area contributed by atoms with Gasteiger partial charge in [0.05, 0.1) is 12.8 Å². The molecule has 0 saturated carbocycles. The average Bonchev–Trinajstić information content (AvgIpc) is 2.81. The lowest BCUT2D eigenvalue weighted by molar-refractivity contribution is -0.123. The Morgan fingerprint density at radius 3 is 3.19 bits per heavy atom. The number of carbonyl (C=O) groups is 1. The first-order valence-electron chi connectivity index (χ1n) is 5.71. The molecule has 1 fully saturated rings. The highest BCUT2D eigenvalue weighted by Gasteiger charge is 2.17. The fraction of sp³-hybridized carbons (Fsp3) is 0.583. The lowest BCUT2D eigenvalue weighted by Gasteiger charge is -2.21. The smallest absolute Gasteiger partial charge is 0.220 e. The van der Waals surface area contributed by atoms with E-state index in [1.54, 1.807) is 6.26 Å². The number of carbonyl (C=O) groups excluding carboxylic acids is 1. The molecule has 4 heteroatoms. The first-order chi connectivity index (χ1) is 7.84. The van der Waals surface area contributed by atoms with Gasteiger partial charge in [-0.25, -0.2) is 0 Å². The van der Waals surface area contributed by atoms with Crippen molar-refractivity contribution in [2.24, 2.45) is 5.92 Å². The summed E-state index contributed by atoms with van der Waals surface area (Å²) in [6.45, 7) is 2.03. The van der Waals surface area contributed by atoms with E-state index in [2.05, 4.69) is 5.32 Å². The van der Waals surface area contributed by atoms with Crippen LogP contribution in [0.1, 0.15) is 25.0 Å². The molecule has 2 heterocycles. The second-order valence-electron chi connectivity index (χ2n) is 4.14. The van der Waals surface area contributed by atoms with E-state index in [0.717, 1.165) is 25.2 Å². The minimum atomic E-state index is 0.0758. The summed E-state index contributed by atoms with van der Waals surface area (Å²) in [5, 5.41) is 2.84. The summed E-state index contributed by atoms with van der Waals surface area (Å²) in [4.78, 5) is 11.6. The minimum absolute atomic E-state index is 0.0758. The summed E-state index contributed by atoms with van der Waals surface area (Å²) in [5.41, 5.74) is 0. The number of amides is 1. The quantitative estimate of drug-likeness (QED) is 0.845. The van der Waals surface area contributed by atoms with E-state index in [1.807, 2.05) is 12.1 Å². The summed E-state index contributed by atoms with van der Waals surface area (Å²) in [6, 6.07) is 3.67. The van der Waals surface area contributed by atoms with Gasteiger partial charge in [0.2, 0.25) is 5.91 Å². The maximum absolute atomic E-state index is 11.6. The van der Waals surface area contributed by atoms with Crippen LogP contribution >= 0.6 is 0 Å². The first kappa shape index (κ1) is 11.2. The molecule has 2 rings (SSSR count). The van der Waals surface area contributed by atoms with Gasteiger partial charge in [-0.15, -0.1) is 0 Å². The van der Waals surface area contributed by atoms with E-state index in [0.29, 0.717) is 25.5 Å². The fourth-order valence-corrected chi connectivity index (χ4v) is 1.90. The summed E-state index contributed by atoms with van der Waals surface area (Å²) in [5.74, 6) is 1.24. The SMILES string of the molecule is O=C(CC1CCCOC1)NCc1ccco1. The fourth-order valence-electron chi connectivity index (χ4n) is 1.90. The Labute approximate surface area is 95.0 Å². The monoisotopic (exact) mass is 223 g/mol. The van der Waals surface area contributed by atoms with Crippen LogP contribution in [0.3, 0.4) is 0 Å². The number of rotatable bonds is 4. The molecule has 1 aromatic heterocycles. The molecular formula is C12H17NO3. The molecule has 4 nitrogen and oxygen atoms in total. The van der Waals surface area contributed by atoms with Crippen LogP contribution < -0.4 is 5.32 Å². The van der Waals surface area contributed by atoms with Crippen molar-refractivity contribution in [1.82, 2.24) is 5.32 Å². The van der Waals surface area contributed by atoms with E-state index >= 15 is 0 Å². The van der Waals surface area contributed by atoms with Crippen molar-refractivity contribution in [3.05, 3.63) is 24.2 Å². The molecule has 1 N–H and O–H groups in total. The highest BCUT2D eigenvalue weighted by molar-refractivity contribution is 5.76. The second-order valence-corrected chi connectivity index (χ2v) is 4.14. The molecular weight excluding hydrogens is 206 g/mol. The molecule has 0 aliphatic carbocycles. The van der Waals surface area contributed by atoms with Crippen LogP contribution in [0, 0.1) is 5.92 Å². The highest BCUT2D eigenvalue weighted by atomic mass is 16.5. The predicted octanol–water partition coefficient (Wildman–Crippen LogP) is 1.71. The van der Waals surface area contributed by atoms with E-state index in [1.165, 1.54) is 0 Å². The number of ether oxygens (including phenoxy) is 1. The topological polar surface area (TPSA) is 51.5 Å². The van der Waals surface area contributed by atoms with Gasteiger partial charge in [-0.05, 0) is 30.9 Å². The van der Waals surface area contributed by atoms with Crippen LogP contribution in [0.2, 0.25) is 0 Å². The first-order valence-corrected chi connectivity index (χ1v) is 5.71. The van der Waals surface area contributed by atoms with E-state index < -0.39 is 0 Å². The Balaban J connectivity index is 1.67. The lowest BCUT2D eigenvalue weighted by Crippen LogP contribution is -2.28. The normalized spacial score (nSPS) is 20.6. The molecule has 1 atom stereocenters. The van der Waals surface area contributed by atoms with E-state index in [9.17, 15) is 4.79 Å². The third-order valence-electron chi connectivity index (χ3n) is 2.77. The maximum atomic E-state index is 11.6. The van der Waals surface area contributed by atoms with Crippen molar-refractivity contribution in [2.75, 3.05) is 13.2 Å².